The Labute approximate surface area is 111 Å². The lowest BCUT2D eigenvalue weighted by molar-refractivity contribution is 0.702. The molecule has 0 unspecified atom stereocenters. The van der Waals surface area contributed by atoms with E-state index in [0.717, 1.165) is 6.42 Å². The van der Waals surface area contributed by atoms with Crippen LogP contribution in [-0.2, 0) is 14.1 Å². The van der Waals surface area contributed by atoms with E-state index in [9.17, 15) is 4.79 Å². The zero-order chi connectivity index (χ0) is 13.7. The molecule has 1 aromatic rings. The lowest BCUT2D eigenvalue weighted by atomic mass is 10.4. The molecule has 0 aliphatic rings. The summed E-state index contributed by atoms with van der Waals surface area (Å²) in [4.78, 5) is 16.1. The molecule has 0 aliphatic carbocycles. The van der Waals surface area contributed by atoms with Crippen molar-refractivity contribution in [1.82, 2.24) is 9.13 Å². The van der Waals surface area contributed by atoms with Gasteiger partial charge in [0.25, 0.3) is 0 Å². The Morgan fingerprint density at radius 2 is 2.11 bits per heavy atom. The molecule has 0 saturated carbocycles. The van der Waals surface area contributed by atoms with Gasteiger partial charge in [-0.3, -0.25) is 9.13 Å². The van der Waals surface area contributed by atoms with Gasteiger partial charge in [-0.25, -0.2) is 9.79 Å². The molecule has 0 amide bonds. The van der Waals surface area contributed by atoms with Gasteiger partial charge in [0.15, 0.2) is 5.82 Å². The molecule has 0 radical (unpaired) electrons. The van der Waals surface area contributed by atoms with Gasteiger partial charge in [-0.05, 0) is 19.9 Å². The van der Waals surface area contributed by atoms with Crippen LogP contribution in [0, 0.1) is 4.64 Å². The highest BCUT2D eigenvalue weighted by Crippen LogP contribution is 2.23. The van der Waals surface area contributed by atoms with Crippen molar-refractivity contribution in [1.29, 1.82) is 0 Å². The van der Waals surface area contributed by atoms with Gasteiger partial charge in [0.2, 0.25) is 0 Å². The van der Waals surface area contributed by atoms with E-state index in [1.807, 2.05) is 0 Å². The van der Waals surface area contributed by atoms with E-state index in [1.165, 1.54) is 9.13 Å². The van der Waals surface area contributed by atoms with E-state index in [0.29, 0.717) is 29.2 Å². The molecule has 0 fully saturated rings. The van der Waals surface area contributed by atoms with Gasteiger partial charge in [-0.15, -0.1) is 0 Å². The highest BCUT2D eigenvalue weighted by Gasteiger charge is 2.11. The van der Waals surface area contributed by atoms with Gasteiger partial charge in [0.1, 0.15) is 10.3 Å². The lowest BCUT2D eigenvalue weighted by Gasteiger charge is -2.14. The minimum absolute atomic E-state index is 0.190. The summed E-state index contributed by atoms with van der Waals surface area (Å²) in [5, 5.41) is 3.20. The van der Waals surface area contributed by atoms with Crippen LogP contribution in [0.25, 0.3) is 0 Å². The van der Waals surface area contributed by atoms with Gasteiger partial charge in [-0.2, -0.15) is 0 Å². The number of aliphatic imine (C=N–C) groups is 1. The van der Waals surface area contributed by atoms with Gasteiger partial charge in [0.05, 0.1) is 0 Å². The Hall–Kier alpha value is -1.47. The molecule has 18 heavy (non-hydrogen) atoms. The first kappa shape index (κ1) is 14.6. The monoisotopic (exact) mass is 269 g/mol. The smallest absolute Gasteiger partial charge is 0.330 e. The second kappa shape index (κ2) is 6.46. The van der Waals surface area contributed by atoms with Crippen LogP contribution in [0.4, 0.5) is 11.5 Å². The standard InChI is InChI=1S/C11H19N5OS/c1-4-13-9-8(14-7-5-6-12)10(18)16(3)11(17)15(9)2/h4,14H,5-7,12H2,1-3H3/b13-4-. The molecule has 0 atom stereocenters. The third-order valence-electron chi connectivity index (χ3n) is 2.57. The summed E-state index contributed by atoms with van der Waals surface area (Å²) in [7, 11) is 3.33. The molecule has 1 rings (SSSR count). The highest BCUT2D eigenvalue weighted by molar-refractivity contribution is 7.71. The van der Waals surface area contributed by atoms with Crippen molar-refractivity contribution in [3.63, 3.8) is 0 Å². The third-order valence-corrected chi connectivity index (χ3v) is 3.05. The van der Waals surface area contributed by atoms with Crippen molar-refractivity contribution in [3.8, 4) is 0 Å². The number of nitrogens with one attached hydrogen (secondary N) is 1. The van der Waals surface area contributed by atoms with Crippen LogP contribution in [0.15, 0.2) is 9.79 Å². The van der Waals surface area contributed by atoms with Crippen molar-refractivity contribution in [2.75, 3.05) is 18.4 Å². The maximum absolute atomic E-state index is 11.9. The Balaban J connectivity index is 3.37. The molecule has 0 spiro atoms. The fourth-order valence-electron chi connectivity index (χ4n) is 1.58. The van der Waals surface area contributed by atoms with Crippen molar-refractivity contribution in [2.24, 2.45) is 24.8 Å². The fourth-order valence-corrected chi connectivity index (χ4v) is 1.82. The first-order chi connectivity index (χ1) is 8.54. The third kappa shape index (κ3) is 2.85. The number of nitrogens with two attached hydrogens (primary N) is 1. The number of rotatable bonds is 5. The number of hydrogen-bond donors (Lipinski definition) is 2. The summed E-state index contributed by atoms with van der Waals surface area (Å²) in [5.74, 6) is 0.544. The Kier molecular flexibility index (Phi) is 5.24. The molecule has 7 heteroatoms. The normalized spacial score (nSPS) is 11.1. The number of aromatic nitrogens is 2. The minimum atomic E-state index is -0.190. The van der Waals surface area contributed by atoms with Crippen LogP contribution in [0.5, 0.6) is 0 Å². The topological polar surface area (TPSA) is 77.3 Å². The Morgan fingerprint density at radius 3 is 2.67 bits per heavy atom. The van der Waals surface area contributed by atoms with Gasteiger partial charge in [-0.1, -0.05) is 12.2 Å². The molecule has 100 valence electrons. The Morgan fingerprint density at radius 1 is 1.44 bits per heavy atom. The summed E-state index contributed by atoms with van der Waals surface area (Å²) >= 11 is 5.27. The van der Waals surface area contributed by atoms with Gasteiger partial charge < -0.3 is 11.1 Å². The van der Waals surface area contributed by atoms with E-state index in [-0.39, 0.29) is 5.69 Å². The van der Waals surface area contributed by atoms with Crippen molar-refractivity contribution in [3.05, 3.63) is 15.1 Å². The minimum Gasteiger partial charge on any atom is -0.380 e. The SMILES string of the molecule is C/C=N\c1c(NCCCN)c(=S)n(C)c(=O)n1C. The van der Waals surface area contributed by atoms with Crippen LogP contribution < -0.4 is 16.7 Å². The predicted octanol–water partition coefficient (Wildman–Crippen LogP) is 0.936. The van der Waals surface area contributed by atoms with E-state index in [4.69, 9.17) is 18.0 Å². The fraction of sp³-hybridized carbons (Fsp3) is 0.545. The first-order valence-electron chi connectivity index (χ1n) is 5.77. The second-order valence-corrected chi connectivity index (χ2v) is 4.25. The van der Waals surface area contributed by atoms with E-state index >= 15 is 0 Å². The van der Waals surface area contributed by atoms with E-state index in [2.05, 4.69) is 10.3 Å². The lowest BCUT2D eigenvalue weighted by Crippen LogP contribution is -2.28. The highest BCUT2D eigenvalue weighted by atomic mass is 32.1. The average Bonchev–Trinajstić information content (AvgIpc) is 2.37. The number of hydrogen-bond acceptors (Lipinski definition) is 5. The second-order valence-electron chi connectivity index (χ2n) is 3.86. The molecule has 0 bridgehead atoms. The summed E-state index contributed by atoms with van der Waals surface area (Å²) in [5.41, 5.74) is 5.96. The summed E-state index contributed by atoms with van der Waals surface area (Å²) in [6, 6.07) is 0. The molecule has 3 N–H and O–H groups in total. The summed E-state index contributed by atoms with van der Waals surface area (Å²) in [6.07, 6.45) is 2.47. The maximum atomic E-state index is 11.9. The summed E-state index contributed by atoms with van der Waals surface area (Å²) in [6.45, 7) is 3.10. The quantitative estimate of drug-likeness (QED) is 0.474. The van der Waals surface area contributed by atoms with Crippen molar-refractivity contribution < 1.29 is 0 Å². The Bertz CT molecular complexity index is 558. The van der Waals surface area contributed by atoms with Crippen molar-refractivity contribution >= 4 is 29.9 Å². The van der Waals surface area contributed by atoms with Crippen molar-refractivity contribution in [2.45, 2.75) is 13.3 Å². The van der Waals surface area contributed by atoms with E-state index < -0.39 is 0 Å². The molecule has 6 nitrogen and oxygen atoms in total. The molecule has 1 heterocycles. The van der Waals surface area contributed by atoms with E-state index in [1.54, 1.807) is 27.2 Å². The van der Waals surface area contributed by atoms with Crippen LogP contribution in [0.3, 0.4) is 0 Å². The van der Waals surface area contributed by atoms with Gasteiger partial charge >= 0.3 is 5.69 Å². The number of anilines is 1. The molecular weight excluding hydrogens is 250 g/mol. The van der Waals surface area contributed by atoms with Crippen LogP contribution >= 0.6 is 12.2 Å². The average molecular weight is 269 g/mol. The first-order valence-corrected chi connectivity index (χ1v) is 6.18. The van der Waals surface area contributed by atoms with Crippen LogP contribution in [0.2, 0.25) is 0 Å². The predicted molar refractivity (Wildman–Crippen MR) is 77.5 cm³/mol. The summed E-state index contributed by atoms with van der Waals surface area (Å²) < 4.78 is 3.35. The zero-order valence-electron chi connectivity index (χ0n) is 10.9. The largest absolute Gasteiger partial charge is 0.380 e. The number of nitrogens with zero attached hydrogens (tertiary/aromatic N) is 3. The van der Waals surface area contributed by atoms with Gasteiger partial charge in [0, 0.05) is 26.9 Å². The molecule has 0 aliphatic heterocycles. The zero-order valence-corrected chi connectivity index (χ0v) is 11.8. The molecular formula is C11H19N5OS. The maximum Gasteiger partial charge on any atom is 0.330 e. The molecule has 1 aromatic heterocycles. The van der Waals surface area contributed by atoms with Crippen LogP contribution in [-0.4, -0.2) is 28.4 Å². The molecule has 0 aromatic carbocycles. The van der Waals surface area contributed by atoms with Crippen LogP contribution in [0.1, 0.15) is 13.3 Å². The molecule has 0 saturated heterocycles.